The lowest BCUT2D eigenvalue weighted by atomic mass is 9.75. The molecule has 4 aliphatic rings. The van der Waals surface area contributed by atoms with Crippen LogP contribution in [0, 0.1) is 17.6 Å². The lowest BCUT2D eigenvalue weighted by Crippen LogP contribution is -2.61. The van der Waals surface area contributed by atoms with Gasteiger partial charge in [-0.05, 0) is 49.5 Å². The fourth-order valence-corrected chi connectivity index (χ4v) is 4.88. The Bertz CT molecular complexity index is 611. The molecule has 4 nitrogen and oxygen atoms in total. The number of hydrogen-bond donors (Lipinski definition) is 1. The molecule has 4 aliphatic heterocycles. The molecule has 0 spiro atoms. The van der Waals surface area contributed by atoms with Crippen LogP contribution in [0.5, 0.6) is 0 Å². The van der Waals surface area contributed by atoms with E-state index in [1.165, 1.54) is 12.1 Å². The lowest BCUT2D eigenvalue weighted by Gasteiger charge is -2.51. The van der Waals surface area contributed by atoms with Gasteiger partial charge in [0.05, 0.1) is 6.04 Å². The van der Waals surface area contributed by atoms with Gasteiger partial charge in [0.25, 0.3) is 0 Å². The van der Waals surface area contributed by atoms with E-state index in [0.29, 0.717) is 18.0 Å². The maximum Gasteiger partial charge on any atom is 0.248 e. The summed E-state index contributed by atoms with van der Waals surface area (Å²) in [4.78, 5) is 16.3. The van der Waals surface area contributed by atoms with Crippen LogP contribution in [-0.2, 0) is 4.79 Å². The van der Waals surface area contributed by atoms with Gasteiger partial charge in [-0.15, -0.1) is 0 Å². The second-order valence-corrected chi connectivity index (χ2v) is 6.87. The van der Waals surface area contributed by atoms with E-state index in [2.05, 4.69) is 4.90 Å². The van der Waals surface area contributed by atoms with Crippen LogP contribution < -0.4 is 0 Å². The number of likely N-dealkylation sites (tertiary alicyclic amines) is 1. The Kier molecular flexibility index (Phi) is 3.61. The topological polar surface area (TPSA) is 43.8 Å². The highest BCUT2D eigenvalue weighted by atomic mass is 19.1. The molecule has 0 radical (unpaired) electrons. The molecular formula is C17H20F2N2O2. The van der Waals surface area contributed by atoms with Gasteiger partial charge in [-0.3, -0.25) is 9.69 Å². The highest BCUT2D eigenvalue weighted by Gasteiger charge is 2.54. The summed E-state index contributed by atoms with van der Waals surface area (Å²) in [6.45, 7) is 1.85. The molecule has 4 saturated heterocycles. The maximum absolute atomic E-state index is 13.6. The van der Waals surface area contributed by atoms with Gasteiger partial charge in [0.15, 0.2) is 0 Å². The Morgan fingerprint density at radius 2 is 1.78 bits per heavy atom. The van der Waals surface area contributed by atoms with Gasteiger partial charge in [0, 0.05) is 24.6 Å². The fraction of sp³-hybridized carbons (Fsp3) is 0.588. The number of aliphatic hydroxyl groups excluding tert-OH is 1. The van der Waals surface area contributed by atoms with Crippen molar-refractivity contribution in [2.45, 2.75) is 30.8 Å². The summed E-state index contributed by atoms with van der Waals surface area (Å²) in [5.74, 6) is -1.14. The largest absolute Gasteiger partial charge is 0.387 e. The van der Waals surface area contributed by atoms with Crippen LogP contribution in [0.2, 0.25) is 0 Å². The van der Waals surface area contributed by atoms with E-state index in [0.717, 1.165) is 32.0 Å². The van der Waals surface area contributed by atoms with E-state index < -0.39 is 18.2 Å². The standard InChI is InChI=1S/C17H20F2N2O2/c18-12-5-11(6-13(19)7-12)14-8-21(15(23)9-22)16-10-1-3-20(4-2-10)17(14)16/h5-7,10,14,16-17,22H,1-4,8-9H2/t14-,16+,17+/m1/s1. The van der Waals surface area contributed by atoms with Crippen molar-refractivity contribution in [3.63, 3.8) is 0 Å². The monoisotopic (exact) mass is 322 g/mol. The van der Waals surface area contributed by atoms with Crippen LogP contribution in [0.4, 0.5) is 8.78 Å². The van der Waals surface area contributed by atoms with Crippen molar-refractivity contribution in [1.82, 2.24) is 9.80 Å². The molecule has 124 valence electrons. The van der Waals surface area contributed by atoms with Gasteiger partial charge in [-0.2, -0.15) is 0 Å². The number of carbonyl (C=O) groups is 1. The van der Waals surface area contributed by atoms with E-state index in [9.17, 15) is 18.7 Å². The third-order valence-electron chi connectivity index (χ3n) is 5.76. The smallest absolute Gasteiger partial charge is 0.248 e. The minimum Gasteiger partial charge on any atom is -0.387 e. The van der Waals surface area contributed by atoms with E-state index in [1.54, 1.807) is 4.90 Å². The van der Waals surface area contributed by atoms with Crippen molar-refractivity contribution in [1.29, 1.82) is 0 Å². The first-order valence-electron chi connectivity index (χ1n) is 8.19. The van der Waals surface area contributed by atoms with Crippen LogP contribution in [0.1, 0.15) is 24.3 Å². The first-order chi connectivity index (χ1) is 11.1. The summed E-state index contributed by atoms with van der Waals surface area (Å²) >= 11 is 0. The first kappa shape index (κ1) is 15.0. The van der Waals surface area contributed by atoms with Crippen molar-refractivity contribution in [3.05, 3.63) is 35.4 Å². The van der Waals surface area contributed by atoms with Gasteiger partial charge >= 0.3 is 0 Å². The minimum absolute atomic E-state index is 0.0495. The van der Waals surface area contributed by atoms with Crippen molar-refractivity contribution in [2.75, 3.05) is 26.2 Å². The van der Waals surface area contributed by atoms with Crippen LogP contribution in [0.25, 0.3) is 0 Å². The fourth-order valence-electron chi connectivity index (χ4n) is 4.88. The van der Waals surface area contributed by atoms with Crippen LogP contribution in [-0.4, -0.2) is 59.1 Å². The molecule has 1 N–H and O–H groups in total. The molecule has 0 saturated carbocycles. The summed E-state index contributed by atoms with van der Waals surface area (Å²) in [5, 5.41) is 9.28. The molecule has 1 aromatic carbocycles. The Morgan fingerprint density at radius 1 is 1.13 bits per heavy atom. The Morgan fingerprint density at radius 3 is 2.39 bits per heavy atom. The number of nitrogens with zero attached hydrogens (tertiary/aromatic N) is 2. The molecule has 0 aliphatic carbocycles. The van der Waals surface area contributed by atoms with Crippen molar-refractivity contribution in [3.8, 4) is 0 Å². The number of halogens is 2. The second kappa shape index (κ2) is 5.53. The molecular weight excluding hydrogens is 302 g/mol. The Balaban J connectivity index is 1.74. The molecule has 3 atom stereocenters. The number of fused-ring (bicyclic) bond motifs is 2. The molecule has 0 unspecified atom stereocenters. The highest BCUT2D eigenvalue weighted by Crippen LogP contribution is 2.46. The first-order valence-corrected chi connectivity index (χ1v) is 8.19. The SMILES string of the molecule is O=C(CO)N1C[C@H](c2cc(F)cc(F)c2)[C@H]2[C@@H]1C1CCN2CC1. The number of rotatable bonds is 2. The van der Waals surface area contributed by atoms with Gasteiger partial charge in [0.2, 0.25) is 5.91 Å². The normalized spacial score (nSPS) is 35.4. The molecule has 5 rings (SSSR count). The quantitative estimate of drug-likeness (QED) is 0.894. The number of piperidine rings is 3. The lowest BCUT2D eigenvalue weighted by molar-refractivity contribution is -0.138. The molecule has 1 amide bonds. The summed E-state index contributed by atoms with van der Waals surface area (Å²) in [6, 6.07) is 3.77. The zero-order valence-corrected chi connectivity index (χ0v) is 12.8. The molecule has 23 heavy (non-hydrogen) atoms. The predicted molar refractivity (Wildman–Crippen MR) is 79.8 cm³/mol. The predicted octanol–water partition coefficient (Wildman–Crippen LogP) is 1.35. The number of carbonyl (C=O) groups excluding carboxylic acids is 1. The second-order valence-electron chi connectivity index (χ2n) is 6.87. The molecule has 4 fully saturated rings. The average Bonchev–Trinajstić information content (AvgIpc) is 2.97. The van der Waals surface area contributed by atoms with Crippen LogP contribution in [0.15, 0.2) is 18.2 Å². The zero-order chi connectivity index (χ0) is 16.1. The van der Waals surface area contributed by atoms with E-state index in [-0.39, 0.29) is 23.9 Å². The summed E-state index contributed by atoms with van der Waals surface area (Å²) < 4.78 is 27.3. The average molecular weight is 322 g/mol. The number of benzene rings is 1. The summed E-state index contributed by atoms with van der Waals surface area (Å²) in [5.41, 5.74) is 0.610. The number of hydrogen-bond acceptors (Lipinski definition) is 3. The van der Waals surface area contributed by atoms with Crippen molar-refractivity contribution < 1.29 is 18.7 Å². The van der Waals surface area contributed by atoms with Crippen LogP contribution >= 0.6 is 0 Å². The van der Waals surface area contributed by atoms with Crippen LogP contribution in [0.3, 0.4) is 0 Å². The number of amides is 1. The molecule has 4 heterocycles. The third-order valence-corrected chi connectivity index (χ3v) is 5.76. The Labute approximate surface area is 133 Å². The molecule has 2 bridgehead atoms. The maximum atomic E-state index is 13.6. The minimum atomic E-state index is -0.584. The Hall–Kier alpha value is -1.53. The van der Waals surface area contributed by atoms with Crippen molar-refractivity contribution >= 4 is 5.91 Å². The van der Waals surface area contributed by atoms with E-state index >= 15 is 0 Å². The zero-order valence-electron chi connectivity index (χ0n) is 12.8. The van der Waals surface area contributed by atoms with Gasteiger partial charge in [-0.25, -0.2) is 8.78 Å². The molecule has 1 aromatic rings. The molecule has 0 aromatic heterocycles. The van der Waals surface area contributed by atoms with E-state index in [4.69, 9.17) is 0 Å². The van der Waals surface area contributed by atoms with E-state index in [1.807, 2.05) is 0 Å². The van der Waals surface area contributed by atoms with Gasteiger partial charge in [0.1, 0.15) is 18.2 Å². The molecule has 6 heteroatoms. The van der Waals surface area contributed by atoms with Gasteiger partial charge in [-0.1, -0.05) is 0 Å². The highest BCUT2D eigenvalue weighted by molar-refractivity contribution is 5.78. The third kappa shape index (κ3) is 2.35. The number of aliphatic hydroxyl groups is 1. The summed E-state index contributed by atoms with van der Waals surface area (Å²) in [6.07, 6.45) is 2.08. The summed E-state index contributed by atoms with van der Waals surface area (Å²) in [7, 11) is 0. The van der Waals surface area contributed by atoms with Crippen molar-refractivity contribution in [2.24, 2.45) is 5.92 Å². The van der Waals surface area contributed by atoms with Gasteiger partial charge < -0.3 is 10.0 Å².